The Labute approximate surface area is 129 Å². The van der Waals surface area contributed by atoms with Crippen LogP contribution in [0.3, 0.4) is 0 Å². The standard InChI is InChI=1S/C18H29NO2/c1-6-7-8-15-9-11-16(12-10-15)14(4)19-17(13(2)3)18(20)21-5/h9-14,17,19H,6-8H2,1-5H3/t14?,17-/m0/s1. The molecule has 2 atom stereocenters. The lowest BCUT2D eigenvalue weighted by molar-refractivity contribution is -0.144. The highest BCUT2D eigenvalue weighted by Crippen LogP contribution is 2.17. The Hall–Kier alpha value is -1.35. The maximum Gasteiger partial charge on any atom is 0.323 e. The Morgan fingerprint density at radius 1 is 1.19 bits per heavy atom. The van der Waals surface area contributed by atoms with Gasteiger partial charge in [0.25, 0.3) is 0 Å². The third-order valence-corrected chi connectivity index (χ3v) is 3.85. The van der Waals surface area contributed by atoms with Gasteiger partial charge in [0.15, 0.2) is 0 Å². The third-order valence-electron chi connectivity index (χ3n) is 3.85. The molecule has 3 heteroatoms. The van der Waals surface area contributed by atoms with Crippen LogP contribution in [0.5, 0.6) is 0 Å². The van der Waals surface area contributed by atoms with Crippen LogP contribution in [-0.4, -0.2) is 19.1 Å². The number of aryl methyl sites for hydroxylation is 1. The average Bonchev–Trinajstić information content (AvgIpc) is 2.49. The van der Waals surface area contributed by atoms with Gasteiger partial charge in [-0.15, -0.1) is 0 Å². The molecule has 0 aliphatic carbocycles. The molecule has 0 aliphatic heterocycles. The Morgan fingerprint density at radius 2 is 1.81 bits per heavy atom. The number of hydrogen-bond acceptors (Lipinski definition) is 3. The zero-order valence-electron chi connectivity index (χ0n) is 14.0. The molecule has 21 heavy (non-hydrogen) atoms. The lowest BCUT2D eigenvalue weighted by Gasteiger charge is -2.24. The highest BCUT2D eigenvalue weighted by atomic mass is 16.5. The zero-order valence-corrected chi connectivity index (χ0v) is 14.0. The minimum absolute atomic E-state index is 0.122. The summed E-state index contributed by atoms with van der Waals surface area (Å²) in [5.41, 5.74) is 2.57. The summed E-state index contributed by atoms with van der Waals surface area (Å²) in [6.45, 7) is 8.34. The molecule has 0 aliphatic rings. The van der Waals surface area contributed by atoms with Crippen LogP contribution in [0.1, 0.15) is 57.7 Å². The second kappa shape index (κ2) is 8.83. The van der Waals surface area contributed by atoms with Gasteiger partial charge in [0.1, 0.15) is 6.04 Å². The van der Waals surface area contributed by atoms with Gasteiger partial charge in [0, 0.05) is 6.04 Å². The second-order valence-corrected chi connectivity index (χ2v) is 5.98. The second-order valence-electron chi connectivity index (χ2n) is 5.98. The van der Waals surface area contributed by atoms with Crippen LogP contribution in [0.4, 0.5) is 0 Å². The molecule has 0 saturated carbocycles. The third kappa shape index (κ3) is 5.50. The largest absolute Gasteiger partial charge is 0.468 e. The number of carbonyl (C=O) groups is 1. The molecular formula is C18H29NO2. The van der Waals surface area contributed by atoms with Crippen molar-refractivity contribution >= 4 is 5.97 Å². The van der Waals surface area contributed by atoms with E-state index in [4.69, 9.17) is 4.74 Å². The first-order chi connectivity index (χ1) is 9.99. The normalized spacial score (nSPS) is 14.0. The van der Waals surface area contributed by atoms with Gasteiger partial charge in [-0.2, -0.15) is 0 Å². The molecule has 118 valence electrons. The molecule has 0 amide bonds. The van der Waals surface area contributed by atoms with Crippen LogP contribution in [0.25, 0.3) is 0 Å². The van der Waals surface area contributed by atoms with Gasteiger partial charge in [0.2, 0.25) is 0 Å². The van der Waals surface area contributed by atoms with Crippen molar-refractivity contribution in [2.45, 2.75) is 59.0 Å². The molecule has 1 unspecified atom stereocenters. The number of hydrogen-bond donors (Lipinski definition) is 1. The van der Waals surface area contributed by atoms with E-state index < -0.39 is 0 Å². The maximum atomic E-state index is 11.8. The minimum Gasteiger partial charge on any atom is -0.468 e. The monoisotopic (exact) mass is 291 g/mol. The van der Waals surface area contributed by atoms with Crippen molar-refractivity contribution in [1.29, 1.82) is 0 Å². The van der Waals surface area contributed by atoms with Gasteiger partial charge >= 0.3 is 5.97 Å². The molecule has 0 spiro atoms. The first-order valence-electron chi connectivity index (χ1n) is 7.92. The fourth-order valence-corrected chi connectivity index (χ4v) is 2.38. The van der Waals surface area contributed by atoms with Gasteiger partial charge in [-0.1, -0.05) is 51.5 Å². The van der Waals surface area contributed by atoms with Crippen LogP contribution in [0, 0.1) is 5.92 Å². The molecule has 0 saturated heterocycles. The highest BCUT2D eigenvalue weighted by molar-refractivity contribution is 5.76. The summed E-state index contributed by atoms with van der Waals surface area (Å²) < 4.78 is 4.87. The van der Waals surface area contributed by atoms with Crippen LogP contribution >= 0.6 is 0 Å². The van der Waals surface area contributed by atoms with Gasteiger partial charge in [-0.25, -0.2) is 0 Å². The number of methoxy groups -OCH3 is 1. The van der Waals surface area contributed by atoms with E-state index in [1.54, 1.807) is 0 Å². The molecule has 0 bridgehead atoms. The SMILES string of the molecule is CCCCc1ccc(C(C)N[C@H](C(=O)OC)C(C)C)cc1. The van der Waals surface area contributed by atoms with Crippen LogP contribution < -0.4 is 5.32 Å². The first kappa shape index (κ1) is 17.7. The molecule has 0 aromatic heterocycles. The van der Waals surface area contributed by atoms with Crippen molar-refractivity contribution in [3.63, 3.8) is 0 Å². The molecule has 0 heterocycles. The number of nitrogens with one attached hydrogen (secondary N) is 1. The van der Waals surface area contributed by atoms with Crippen LogP contribution in [-0.2, 0) is 16.0 Å². The predicted molar refractivity (Wildman–Crippen MR) is 87.2 cm³/mol. The number of rotatable bonds is 8. The Bertz CT molecular complexity index is 425. The quantitative estimate of drug-likeness (QED) is 0.739. The topological polar surface area (TPSA) is 38.3 Å². The van der Waals surface area contributed by atoms with E-state index in [9.17, 15) is 4.79 Å². The van der Waals surface area contributed by atoms with E-state index in [0.717, 1.165) is 6.42 Å². The van der Waals surface area contributed by atoms with Crippen molar-refractivity contribution in [3.8, 4) is 0 Å². The van der Waals surface area contributed by atoms with Crippen LogP contribution in [0.2, 0.25) is 0 Å². The summed E-state index contributed by atoms with van der Waals surface area (Å²) in [5.74, 6) is 0.000133. The number of ether oxygens (including phenoxy) is 1. The lowest BCUT2D eigenvalue weighted by atomic mass is 9.99. The van der Waals surface area contributed by atoms with Gasteiger partial charge in [-0.05, 0) is 36.8 Å². The minimum atomic E-state index is -0.273. The summed E-state index contributed by atoms with van der Waals surface area (Å²) in [6.07, 6.45) is 3.58. The molecule has 0 radical (unpaired) electrons. The first-order valence-corrected chi connectivity index (χ1v) is 7.92. The van der Waals surface area contributed by atoms with Gasteiger partial charge in [0.05, 0.1) is 7.11 Å². The fourth-order valence-electron chi connectivity index (χ4n) is 2.38. The highest BCUT2D eigenvalue weighted by Gasteiger charge is 2.24. The van der Waals surface area contributed by atoms with E-state index in [1.807, 2.05) is 13.8 Å². The van der Waals surface area contributed by atoms with Gasteiger partial charge in [-0.3, -0.25) is 10.1 Å². The average molecular weight is 291 g/mol. The van der Waals surface area contributed by atoms with Crippen molar-refractivity contribution in [2.24, 2.45) is 5.92 Å². The van der Waals surface area contributed by atoms with Crippen molar-refractivity contribution in [2.75, 3.05) is 7.11 Å². The number of benzene rings is 1. The maximum absolute atomic E-state index is 11.8. The van der Waals surface area contributed by atoms with E-state index in [2.05, 4.69) is 43.4 Å². The summed E-state index contributed by atoms with van der Waals surface area (Å²) in [6, 6.07) is 8.52. The smallest absolute Gasteiger partial charge is 0.323 e. The van der Waals surface area contributed by atoms with E-state index in [-0.39, 0.29) is 24.0 Å². The lowest BCUT2D eigenvalue weighted by Crippen LogP contribution is -2.42. The summed E-state index contributed by atoms with van der Waals surface area (Å²) in [5, 5.41) is 3.37. The number of esters is 1. The molecule has 1 aromatic carbocycles. The number of carbonyl (C=O) groups excluding carboxylic acids is 1. The molecule has 3 nitrogen and oxygen atoms in total. The molecule has 1 aromatic rings. The van der Waals surface area contributed by atoms with Crippen LogP contribution in [0.15, 0.2) is 24.3 Å². The summed E-state index contributed by atoms with van der Waals surface area (Å²) >= 11 is 0. The Morgan fingerprint density at radius 3 is 2.29 bits per heavy atom. The molecule has 1 rings (SSSR count). The summed E-state index contributed by atoms with van der Waals surface area (Å²) in [7, 11) is 1.44. The van der Waals surface area contributed by atoms with Crippen molar-refractivity contribution in [3.05, 3.63) is 35.4 Å². The zero-order chi connectivity index (χ0) is 15.8. The predicted octanol–water partition coefficient (Wildman–Crippen LogP) is 3.88. The molecule has 0 fully saturated rings. The van der Waals surface area contributed by atoms with Gasteiger partial charge < -0.3 is 4.74 Å². The van der Waals surface area contributed by atoms with E-state index >= 15 is 0 Å². The van der Waals surface area contributed by atoms with E-state index in [1.165, 1.54) is 31.1 Å². The summed E-state index contributed by atoms with van der Waals surface area (Å²) in [4.78, 5) is 11.8. The van der Waals surface area contributed by atoms with Crippen molar-refractivity contribution < 1.29 is 9.53 Å². The van der Waals surface area contributed by atoms with E-state index in [0.29, 0.717) is 0 Å². The number of unbranched alkanes of at least 4 members (excludes halogenated alkanes) is 1. The fraction of sp³-hybridized carbons (Fsp3) is 0.611. The molecular weight excluding hydrogens is 262 g/mol. The Balaban J connectivity index is 2.69. The Kier molecular flexibility index (Phi) is 7.44. The van der Waals surface area contributed by atoms with Crippen molar-refractivity contribution in [1.82, 2.24) is 5.32 Å². The molecule has 1 N–H and O–H groups in total.